The normalized spacial score (nSPS) is 18.0. The van der Waals surface area contributed by atoms with E-state index in [0.29, 0.717) is 36.7 Å². The molecule has 0 spiro atoms. The maximum Gasteiger partial charge on any atom is 0.410 e. The van der Waals surface area contributed by atoms with Gasteiger partial charge in [-0.3, -0.25) is 9.69 Å². The number of hydrogen-bond acceptors (Lipinski definition) is 6. The molecule has 3 aromatic rings. The molecule has 1 N–H and O–H groups in total. The van der Waals surface area contributed by atoms with Crippen molar-refractivity contribution in [2.45, 2.75) is 70.1 Å². The van der Waals surface area contributed by atoms with Crippen molar-refractivity contribution < 1.29 is 19.1 Å². The number of rotatable bonds is 7. The highest BCUT2D eigenvalue weighted by molar-refractivity contribution is 7.08. The Morgan fingerprint density at radius 2 is 1.76 bits per heavy atom. The molecular weight excluding hydrogens is 570 g/mol. The van der Waals surface area contributed by atoms with E-state index in [0.717, 1.165) is 43.8 Å². The summed E-state index contributed by atoms with van der Waals surface area (Å²) in [5.41, 5.74) is 1.05. The van der Waals surface area contributed by atoms with Gasteiger partial charge in [-0.15, -0.1) is 0 Å². The maximum atomic E-state index is 13.9. The van der Waals surface area contributed by atoms with Gasteiger partial charge in [0.1, 0.15) is 17.1 Å². The SMILES string of the molecule is CC(C)(C)OC(=O)N1CCC(C(=O)NC2CCN(Cc3cccc(Oc4ccccc4Cl)c3)CC2)(c2ccsc2)CC1. The van der Waals surface area contributed by atoms with Crippen LogP contribution in [0.2, 0.25) is 5.02 Å². The Bertz CT molecular complexity index is 1360. The van der Waals surface area contributed by atoms with E-state index in [4.69, 9.17) is 21.1 Å². The molecule has 224 valence electrons. The van der Waals surface area contributed by atoms with Gasteiger partial charge in [0.25, 0.3) is 0 Å². The van der Waals surface area contributed by atoms with Gasteiger partial charge < -0.3 is 19.7 Å². The molecule has 0 radical (unpaired) electrons. The molecule has 2 amide bonds. The van der Waals surface area contributed by atoms with Crippen molar-refractivity contribution in [3.8, 4) is 11.5 Å². The minimum Gasteiger partial charge on any atom is -0.456 e. The van der Waals surface area contributed by atoms with Gasteiger partial charge in [-0.25, -0.2) is 4.79 Å². The number of halogens is 1. The summed E-state index contributed by atoms with van der Waals surface area (Å²) >= 11 is 7.87. The zero-order valence-corrected chi connectivity index (χ0v) is 26.2. The van der Waals surface area contributed by atoms with Gasteiger partial charge in [-0.1, -0.05) is 35.9 Å². The van der Waals surface area contributed by atoms with Crippen LogP contribution in [-0.4, -0.2) is 59.6 Å². The van der Waals surface area contributed by atoms with Gasteiger partial charge in [0.2, 0.25) is 5.91 Å². The monoisotopic (exact) mass is 609 g/mol. The molecule has 0 unspecified atom stereocenters. The van der Waals surface area contributed by atoms with E-state index in [1.54, 1.807) is 16.2 Å². The fourth-order valence-electron chi connectivity index (χ4n) is 5.76. The molecule has 0 atom stereocenters. The highest BCUT2D eigenvalue weighted by Crippen LogP contribution is 2.38. The molecule has 42 heavy (non-hydrogen) atoms. The van der Waals surface area contributed by atoms with E-state index in [2.05, 4.69) is 33.8 Å². The molecule has 9 heteroatoms. The first-order valence-electron chi connectivity index (χ1n) is 14.7. The summed E-state index contributed by atoms with van der Waals surface area (Å²) in [5, 5.41) is 8.09. The standard InChI is InChI=1S/C33H40ClN3O4S/c1-32(2,3)41-31(39)37-18-14-33(15-19-37,25-13-20-42-23-25)30(38)35-26-11-16-36(17-12-26)22-24-7-6-8-27(21-24)40-29-10-5-4-9-28(29)34/h4-10,13,20-21,23,26H,11-12,14-19,22H2,1-3H3,(H,35,38). The van der Waals surface area contributed by atoms with Gasteiger partial charge in [-0.2, -0.15) is 11.3 Å². The molecule has 2 saturated heterocycles. The smallest absolute Gasteiger partial charge is 0.410 e. The Balaban J connectivity index is 1.15. The molecule has 2 aromatic carbocycles. The number of nitrogens with one attached hydrogen (secondary N) is 1. The number of carbonyl (C=O) groups excluding carboxylic acids is 2. The Morgan fingerprint density at radius 1 is 1.02 bits per heavy atom. The van der Waals surface area contributed by atoms with Crippen LogP contribution < -0.4 is 10.1 Å². The molecule has 0 bridgehead atoms. The van der Waals surface area contributed by atoms with Crippen LogP contribution in [0.25, 0.3) is 0 Å². The van der Waals surface area contributed by atoms with Gasteiger partial charge in [0, 0.05) is 38.8 Å². The third-order valence-corrected chi connectivity index (χ3v) is 9.06. The number of carbonyl (C=O) groups is 2. The van der Waals surface area contributed by atoms with Gasteiger partial charge >= 0.3 is 6.09 Å². The maximum absolute atomic E-state index is 13.9. The molecular formula is C33H40ClN3O4S. The second kappa shape index (κ2) is 13.1. The fourth-order valence-corrected chi connectivity index (χ4v) is 6.69. The summed E-state index contributed by atoms with van der Waals surface area (Å²) in [6.45, 7) is 9.23. The molecule has 3 heterocycles. The summed E-state index contributed by atoms with van der Waals surface area (Å²) in [7, 11) is 0. The van der Waals surface area contributed by atoms with Crippen LogP contribution in [0.5, 0.6) is 11.5 Å². The average Bonchev–Trinajstić information content (AvgIpc) is 3.51. The summed E-state index contributed by atoms with van der Waals surface area (Å²) in [5.74, 6) is 1.48. The lowest BCUT2D eigenvalue weighted by atomic mass is 9.72. The second-order valence-corrected chi connectivity index (χ2v) is 13.5. The van der Waals surface area contributed by atoms with Gasteiger partial charge in [0.15, 0.2) is 0 Å². The summed E-state index contributed by atoms with van der Waals surface area (Å²) in [6.07, 6.45) is 2.65. The van der Waals surface area contributed by atoms with Crippen LogP contribution in [-0.2, 0) is 21.5 Å². The number of para-hydroxylation sites is 1. The van der Waals surface area contributed by atoms with Crippen LogP contribution in [0.15, 0.2) is 65.4 Å². The number of thiophene rings is 1. The minimum absolute atomic E-state index is 0.0765. The van der Waals surface area contributed by atoms with E-state index in [9.17, 15) is 9.59 Å². The van der Waals surface area contributed by atoms with E-state index < -0.39 is 11.0 Å². The first kappa shape index (κ1) is 30.4. The highest BCUT2D eigenvalue weighted by atomic mass is 35.5. The number of ether oxygens (including phenoxy) is 2. The van der Waals surface area contributed by atoms with Crippen molar-refractivity contribution in [3.05, 3.63) is 81.5 Å². The van der Waals surface area contributed by atoms with Crippen LogP contribution in [0, 0.1) is 0 Å². The van der Waals surface area contributed by atoms with Crippen LogP contribution in [0.3, 0.4) is 0 Å². The van der Waals surface area contributed by atoms with Crippen LogP contribution >= 0.6 is 22.9 Å². The van der Waals surface area contributed by atoms with Crippen LogP contribution in [0.1, 0.15) is 57.6 Å². The van der Waals surface area contributed by atoms with E-state index >= 15 is 0 Å². The number of benzene rings is 2. The highest BCUT2D eigenvalue weighted by Gasteiger charge is 2.45. The molecule has 5 rings (SSSR count). The number of piperidine rings is 2. The van der Waals surface area contributed by atoms with Crippen LogP contribution in [0.4, 0.5) is 4.79 Å². The first-order valence-corrected chi connectivity index (χ1v) is 16.0. The Morgan fingerprint density at radius 3 is 2.43 bits per heavy atom. The molecule has 2 aliphatic heterocycles. The average molecular weight is 610 g/mol. The van der Waals surface area contributed by atoms with E-state index in [-0.39, 0.29) is 18.0 Å². The van der Waals surface area contributed by atoms with Crippen molar-refractivity contribution in [1.82, 2.24) is 15.1 Å². The Kier molecular flexibility index (Phi) is 9.45. The largest absolute Gasteiger partial charge is 0.456 e. The zero-order chi connectivity index (χ0) is 29.7. The molecule has 0 aliphatic carbocycles. The lowest BCUT2D eigenvalue weighted by molar-refractivity contribution is -0.129. The molecule has 7 nitrogen and oxygen atoms in total. The molecule has 2 aliphatic rings. The van der Waals surface area contributed by atoms with Crippen molar-refractivity contribution in [2.24, 2.45) is 0 Å². The van der Waals surface area contributed by atoms with E-state index in [1.807, 2.05) is 62.5 Å². The lowest BCUT2D eigenvalue weighted by Gasteiger charge is -2.42. The third kappa shape index (κ3) is 7.46. The Hall–Kier alpha value is -3.07. The number of nitrogens with zero attached hydrogens (tertiary/aromatic N) is 2. The lowest BCUT2D eigenvalue weighted by Crippen LogP contribution is -2.56. The number of hydrogen-bond donors (Lipinski definition) is 1. The minimum atomic E-state index is -0.627. The molecule has 1 aromatic heterocycles. The summed E-state index contributed by atoms with van der Waals surface area (Å²) in [4.78, 5) is 30.7. The quantitative estimate of drug-likeness (QED) is 0.306. The third-order valence-electron chi connectivity index (χ3n) is 8.07. The number of likely N-dealkylation sites (tertiary alicyclic amines) is 2. The van der Waals surface area contributed by atoms with Crippen molar-refractivity contribution in [1.29, 1.82) is 0 Å². The predicted molar refractivity (Wildman–Crippen MR) is 167 cm³/mol. The molecule has 2 fully saturated rings. The van der Waals surface area contributed by atoms with Crippen molar-refractivity contribution >= 4 is 34.9 Å². The Labute approximate surface area is 257 Å². The van der Waals surface area contributed by atoms with Crippen molar-refractivity contribution in [2.75, 3.05) is 26.2 Å². The van der Waals surface area contributed by atoms with Gasteiger partial charge in [0.05, 0.1) is 10.4 Å². The summed E-state index contributed by atoms with van der Waals surface area (Å²) < 4.78 is 11.6. The van der Waals surface area contributed by atoms with E-state index in [1.165, 1.54) is 5.56 Å². The van der Waals surface area contributed by atoms with Crippen molar-refractivity contribution in [3.63, 3.8) is 0 Å². The number of amides is 2. The zero-order valence-electron chi connectivity index (χ0n) is 24.6. The second-order valence-electron chi connectivity index (χ2n) is 12.3. The predicted octanol–water partition coefficient (Wildman–Crippen LogP) is 7.24. The first-order chi connectivity index (χ1) is 20.1. The van der Waals surface area contributed by atoms with Gasteiger partial charge in [-0.05, 0) is 98.7 Å². The summed E-state index contributed by atoms with van der Waals surface area (Å²) in [6, 6.07) is 17.8. The fraction of sp³-hybridized carbons (Fsp3) is 0.455. The molecule has 0 saturated carbocycles. The topological polar surface area (TPSA) is 71.1 Å².